The highest BCUT2D eigenvalue weighted by Gasteiger charge is 2.09. The third-order valence-electron chi connectivity index (χ3n) is 2.66. The molecule has 0 radical (unpaired) electrons. The molecule has 0 atom stereocenters. The molecule has 2 rings (SSSR count). The van der Waals surface area contributed by atoms with Gasteiger partial charge in [-0.3, -0.25) is 0 Å². The van der Waals surface area contributed by atoms with Gasteiger partial charge in [0.1, 0.15) is 18.1 Å². The summed E-state index contributed by atoms with van der Waals surface area (Å²) in [6, 6.07) is 15.8. The summed E-state index contributed by atoms with van der Waals surface area (Å²) < 4.78 is 11.0. The lowest BCUT2D eigenvalue weighted by Gasteiger charge is -2.13. The van der Waals surface area contributed by atoms with Crippen LogP contribution in [-0.2, 0) is 0 Å². The first-order chi connectivity index (χ1) is 8.86. The van der Waals surface area contributed by atoms with Crippen LogP contribution >= 0.6 is 0 Å². The van der Waals surface area contributed by atoms with Gasteiger partial charge in [0.25, 0.3) is 0 Å². The normalized spacial score (nSPS) is 10.1. The van der Waals surface area contributed by atoms with Gasteiger partial charge in [-0.15, -0.1) is 0 Å². The highest BCUT2D eigenvalue weighted by molar-refractivity contribution is 5.75. The maximum atomic E-state index is 5.66. The van der Waals surface area contributed by atoms with E-state index >= 15 is 0 Å². The Bertz CT molecular complexity index is 511. The molecule has 2 aromatic rings. The number of rotatable bonds is 5. The van der Waals surface area contributed by atoms with Crippen LogP contribution in [-0.4, -0.2) is 20.3 Å². The van der Waals surface area contributed by atoms with E-state index < -0.39 is 0 Å². The van der Waals surface area contributed by atoms with Gasteiger partial charge in [0.05, 0.1) is 7.11 Å². The highest BCUT2D eigenvalue weighted by atomic mass is 16.5. The number of hydrogen-bond donors (Lipinski definition) is 1. The zero-order chi connectivity index (χ0) is 12.8. The van der Waals surface area contributed by atoms with Crippen LogP contribution in [0.2, 0.25) is 0 Å². The molecule has 3 nitrogen and oxygen atoms in total. The maximum Gasteiger partial charge on any atom is 0.127 e. The second kappa shape index (κ2) is 6.07. The Hall–Kier alpha value is -2.00. The summed E-state index contributed by atoms with van der Waals surface area (Å²) >= 11 is 0. The number of para-hydroxylation sites is 2. The van der Waals surface area contributed by atoms with E-state index in [2.05, 4.69) is 0 Å². The van der Waals surface area contributed by atoms with E-state index in [1.54, 1.807) is 7.11 Å². The average Bonchev–Trinajstić information content (AvgIpc) is 2.45. The van der Waals surface area contributed by atoms with Crippen LogP contribution < -0.4 is 15.2 Å². The molecule has 94 valence electrons. The molecule has 0 amide bonds. The predicted octanol–water partition coefficient (Wildman–Crippen LogP) is 2.70. The SMILES string of the molecule is COc1ccccc1-c1ccccc1OCCN. The van der Waals surface area contributed by atoms with Gasteiger partial charge >= 0.3 is 0 Å². The fourth-order valence-electron chi connectivity index (χ4n) is 1.85. The Morgan fingerprint density at radius 3 is 2.06 bits per heavy atom. The van der Waals surface area contributed by atoms with E-state index in [0.29, 0.717) is 13.2 Å². The summed E-state index contributed by atoms with van der Waals surface area (Å²) in [7, 11) is 1.67. The Balaban J connectivity index is 2.43. The number of methoxy groups -OCH3 is 1. The van der Waals surface area contributed by atoms with Gasteiger partial charge in [-0.25, -0.2) is 0 Å². The number of benzene rings is 2. The summed E-state index contributed by atoms with van der Waals surface area (Å²) in [5.41, 5.74) is 7.51. The molecule has 18 heavy (non-hydrogen) atoms. The van der Waals surface area contributed by atoms with Crippen molar-refractivity contribution in [3.63, 3.8) is 0 Å². The molecule has 0 fully saturated rings. The zero-order valence-corrected chi connectivity index (χ0v) is 10.4. The summed E-state index contributed by atoms with van der Waals surface area (Å²) in [6.45, 7) is 1.01. The number of ether oxygens (including phenoxy) is 2. The van der Waals surface area contributed by atoms with Crippen molar-refractivity contribution >= 4 is 0 Å². The van der Waals surface area contributed by atoms with Crippen molar-refractivity contribution in [2.75, 3.05) is 20.3 Å². The molecule has 3 heteroatoms. The lowest BCUT2D eigenvalue weighted by atomic mass is 10.0. The second-order valence-electron chi connectivity index (χ2n) is 3.83. The van der Waals surface area contributed by atoms with Crippen molar-refractivity contribution in [2.45, 2.75) is 0 Å². The van der Waals surface area contributed by atoms with Crippen molar-refractivity contribution in [3.05, 3.63) is 48.5 Å². The van der Waals surface area contributed by atoms with Crippen molar-refractivity contribution in [3.8, 4) is 22.6 Å². The molecule has 2 aromatic carbocycles. The lowest BCUT2D eigenvalue weighted by Crippen LogP contribution is -2.11. The predicted molar refractivity (Wildman–Crippen MR) is 73.0 cm³/mol. The van der Waals surface area contributed by atoms with E-state index in [0.717, 1.165) is 22.6 Å². The van der Waals surface area contributed by atoms with Gasteiger partial charge in [-0.1, -0.05) is 36.4 Å². The molecule has 0 aliphatic heterocycles. The minimum Gasteiger partial charge on any atom is -0.496 e. The first-order valence-corrected chi connectivity index (χ1v) is 5.92. The van der Waals surface area contributed by atoms with Gasteiger partial charge < -0.3 is 15.2 Å². The van der Waals surface area contributed by atoms with E-state index in [4.69, 9.17) is 15.2 Å². The molecular weight excluding hydrogens is 226 g/mol. The smallest absolute Gasteiger partial charge is 0.127 e. The first-order valence-electron chi connectivity index (χ1n) is 5.92. The minimum atomic E-state index is 0.500. The highest BCUT2D eigenvalue weighted by Crippen LogP contribution is 2.35. The molecule has 2 N–H and O–H groups in total. The van der Waals surface area contributed by atoms with Crippen LogP contribution in [0.25, 0.3) is 11.1 Å². The van der Waals surface area contributed by atoms with Crippen LogP contribution in [0.4, 0.5) is 0 Å². The average molecular weight is 243 g/mol. The van der Waals surface area contributed by atoms with Gasteiger partial charge in [0.15, 0.2) is 0 Å². The molecular formula is C15H17NO2. The third kappa shape index (κ3) is 2.63. The van der Waals surface area contributed by atoms with Crippen molar-refractivity contribution in [1.29, 1.82) is 0 Å². The Morgan fingerprint density at radius 1 is 0.889 bits per heavy atom. The van der Waals surface area contributed by atoms with Gasteiger partial charge in [-0.05, 0) is 12.1 Å². The summed E-state index contributed by atoms with van der Waals surface area (Å²) in [5.74, 6) is 1.66. The first kappa shape index (κ1) is 12.5. The fraction of sp³-hybridized carbons (Fsp3) is 0.200. The van der Waals surface area contributed by atoms with Crippen LogP contribution in [0.1, 0.15) is 0 Å². The molecule has 0 saturated carbocycles. The largest absolute Gasteiger partial charge is 0.496 e. The molecule has 0 aliphatic rings. The molecule has 0 bridgehead atoms. The Morgan fingerprint density at radius 2 is 1.44 bits per heavy atom. The molecule has 0 spiro atoms. The van der Waals surface area contributed by atoms with Gasteiger partial charge in [0.2, 0.25) is 0 Å². The molecule has 0 aromatic heterocycles. The summed E-state index contributed by atoms with van der Waals surface area (Å²) in [6.07, 6.45) is 0. The molecule has 0 unspecified atom stereocenters. The second-order valence-corrected chi connectivity index (χ2v) is 3.83. The quantitative estimate of drug-likeness (QED) is 0.878. The third-order valence-corrected chi connectivity index (χ3v) is 2.66. The van der Waals surface area contributed by atoms with E-state index in [9.17, 15) is 0 Å². The van der Waals surface area contributed by atoms with Crippen molar-refractivity contribution < 1.29 is 9.47 Å². The number of nitrogens with two attached hydrogens (primary N) is 1. The lowest BCUT2D eigenvalue weighted by molar-refractivity contribution is 0.329. The van der Waals surface area contributed by atoms with Crippen LogP contribution in [0, 0.1) is 0 Å². The molecule has 0 saturated heterocycles. The Labute approximate surface area is 107 Å². The zero-order valence-electron chi connectivity index (χ0n) is 10.4. The summed E-state index contributed by atoms with van der Waals surface area (Å²) in [4.78, 5) is 0. The van der Waals surface area contributed by atoms with E-state index in [1.807, 2.05) is 48.5 Å². The topological polar surface area (TPSA) is 44.5 Å². The number of hydrogen-bond acceptors (Lipinski definition) is 3. The van der Waals surface area contributed by atoms with Crippen LogP contribution in [0.3, 0.4) is 0 Å². The Kier molecular flexibility index (Phi) is 4.20. The van der Waals surface area contributed by atoms with Crippen molar-refractivity contribution in [2.24, 2.45) is 5.73 Å². The summed E-state index contributed by atoms with van der Waals surface area (Å²) in [5, 5.41) is 0. The fourth-order valence-corrected chi connectivity index (χ4v) is 1.85. The van der Waals surface area contributed by atoms with Crippen LogP contribution in [0.15, 0.2) is 48.5 Å². The standard InChI is InChI=1S/C15H17NO2/c1-17-14-8-4-2-6-12(14)13-7-3-5-9-15(13)18-11-10-16/h2-9H,10-11,16H2,1H3. The monoisotopic (exact) mass is 243 g/mol. The maximum absolute atomic E-state index is 5.66. The van der Waals surface area contributed by atoms with E-state index in [-0.39, 0.29) is 0 Å². The van der Waals surface area contributed by atoms with Crippen LogP contribution in [0.5, 0.6) is 11.5 Å². The van der Waals surface area contributed by atoms with Gasteiger partial charge in [-0.2, -0.15) is 0 Å². The van der Waals surface area contributed by atoms with Gasteiger partial charge in [0, 0.05) is 17.7 Å². The van der Waals surface area contributed by atoms with Crippen molar-refractivity contribution in [1.82, 2.24) is 0 Å². The molecule has 0 aliphatic carbocycles. The molecule has 0 heterocycles. The minimum absolute atomic E-state index is 0.500. The van der Waals surface area contributed by atoms with E-state index in [1.165, 1.54) is 0 Å².